The van der Waals surface area contributed by atoms with Crippen molar-refractivity contribution in [1.29, 1.82) is 5.41 Å². The van der Waals surface area contributed by atoms with Gasteiger partial charge < -0.3 is 25.8 Å². The molecule has 254 valence electrons. The van der Waals surface area contributed by atoms with E-state index in [2.05, 4.69) is 20.9 Å². The van der Waals surface area contributed by atoms with Crippen LogP contribution in [-0.2, 0) is 34.0 Å². The fourth-order valence-corrected chi connectivity index (χ4v) is 4.83. The van der Waals surface area contributed by atoms with E-state index in [0.29, 0.717) is 22.5 Å². The third-order valence-electron chi connectivity index (χ3n) is 7.66. The van der Waals surface area contributed by atoms with Crippen LogP contribution in [0.5, 0.6) is 0 Å². The molecule has 0 bridgehead atoms. The zero-order chi connectivity index (χ0) is 34.8. The number of carbonyl (C=O) groups is 3. The molecule has 3 aromatic carbocycles. The van der Waals surface area contributed by atoms with Gasteiger partial charge in [-0.3, -0.25) is 24.9 Å². The number of esters is 1. The third-order valence-corrected chi connectivity index (χ3v) is 7.66. The second-order valence-corrected chi connectivity index (χ2v) is 11.7. The number of amidine groups is 1. The molecule has 1 saturated carbocycles. The summed E-state index contributed by atoms with van der Waals surface area (Å²) in [6, 6.07) is 20.8. The first kappa shape index (κ1) is 34.4. The van der Waals surface area contributed by atoms with E-state index in [1.165, 1.54) is 16.8 Å². The zero-order valence-electron chi connectivity index (χ0n) is 27.2. The fraction of sp³-hybridized carbons (Fsp3) is 0.278. The predicted octanol–water partition coefficient (Wildman–Crippen LogP) is 4.59. The molecule has 1 aliphatic carbocycles. The molecule has 0 spiro atoms. The molecule has 6 N–H and O–H groups in total. The summed E-state index contributed by atoms with van der Waals surface area (Å²) >= 11 is 0. The highest BCUT2D eigenvalue weighted by molar-refractivity contribution is 6.04. The lowest BCUT2D eigenvalue weighted by Gasteiger charge is -2.16. The highest BCUT2D eigenvalue weighted by atomic mass is 16.5. The number of nitrogen functional groups attached to an aromatic ring is 1. The van der Waals surface area contributed by atoms with E-state index >= 15 is 0 Å². The van der Waals surface area contributed by atoms with E-state index in [4.69, 9.17) is 20.6 Å². The summed E-state index contributed by atoms with van der Waals surface area (Å²) < 4.78 is 11.8. The number of hydrogen-bond donors (Lipinski definition) is 5. The predicted molar refractivity (Wildman–Crippen MR) is 185 cm³/mol. The number of hydrogen-bond acceptors (Lipinski definition) is 10. The zero-order valence-corrected chi connectivity index (χ0v) is 27.2. The van der Waals surface area contributed by atoms with Crippen LogP contribution in [0.2, 0.25) is 0 Å². The minimum atomic E-state index is -0.743. The summed E-state index contributed by atoms with van der Waals surface area (Å²) in [5.41, 5.74) is 8.94. The normalized spacial score (nSPS) is 12.1. The van der Waals surface area contributed by atoms with Gasteiger partial charge in [-0.05, 0) is 48.6 Å². The van der Waals surface area contributed by atoms with Crippen LogP contribution in [0.3, 0.4) is 0 Å². The van der Waals surface area contributed by atoms with Crippen molar-refractivity contribution in [3.63, 3.8) is 0 Å². The molecule has 1 aliphatic rings. The van der Waals surface area contributed by atoms with E-state index < -0.39 is 23.5 Å². The highest BCUT2D eigenvalue weighted by Gasteiger charge is 2.24. The standard InChI is InChI=1S/C36H39N7O6/c1-2-3-15-48-35(46)27-16-26(17-28(37)18-27)30-20-40-33(41-29-13-14-29)34(45)43(30)21-31(44)39-19-23-9-11-25(12-10-23)32(38)42-36(47)49-22-24-7-5-4-6-8-24/h4-12,16-18,20,29H,2-3,13-15,19,21-22,37H2,1H3,(H,39,44)(H,40,41)(H2,38,42,47). The minimum Gasteiger partial charge on any atom is -0.462 e. The van der Waals surface area contributed by atoms with Crippen molar-refractivity contribution < 1.29 is 23.9 Å². The number of aromatic nitrogens is 2. The Balaban J connectivity index is 1.24. The number of ether oxygens (including phenoxy) is 2. The topological polar surface area (TPSA) is 191 Å². The number of amides is 2. The quantitative estimate of drug-likeness (QED) is 0.0422. The summed E-state index contributed by atoms with van der Waals surface area (Å²) in [5.74, 6) is -0.964. The Bertz CT molecular complexity index is 1870. The van der Waals surface area contributed by atoms with Crippen LogP contribution in [0.1, 0.15) is 59.7 Å². The molecule has 0 saturated heterocycles. The molecule has 4 aromatic rings. The number of nitrogens with two attached hydrogens (primary N) is 1. The van der Waals surface area contributed by atoms with Gasteiger partial charge >= 0.3 is 12.1 Å². The molecule has 1 fully saturated rings. The average Bonchev–Trinajstić information content (AvgIpc) is 3.93. The summed E-state index contributed by atoms with van der Waals surface area (Å²) in [7, 11) is 0. The average molecular weight is 666 g/mol. The van der Waals surface area contributed by atoms with Crippen LogP contribution < -0.4 is 27.2 Å². The van der Waals surface area contributed by atoms with E-state index in [1.807, 2.05) is 37.3 Å². The van der Waals surface area contributed by atoms with E-state index in [0.717, 1.165) is 36.8 Å². The lowest BCUT2D eigenvalue weighted by atomic mass is 10.1. The lowest BCUT2D eigenvalue weighted by molar-refractivity contribution is -0.121. The largest absolute Gasteiger partial charge is 0.462 e. The summed E-state index contributed by atoms with van der Waals surface area (Å²) in [5, 5.41) is 16.6. The van der Waals surface area contributed by atoms with Crippen molar-refractivity contribution in [3.05, 3.63) is 112 Å². The van der Waals surface area contributed by atoms with Crippen LogP contribution in [0, 0.1) is 5.41 Å². The van der Waals surface area contributed by atoms with Crippen molar-refractivity contribution in [3.8, 4) is 11.3 Å². The molecular formula is C36H39N7O6. The SMILES string of the molecule is CCCCOC(=O)c1cc(N)cc(-c2cnc(NC3CC3)c(=O)n2CC(=O)NCc2ccc(C(=N)NC(=O)OCc3ccccc3)cc2)c1. The number of anilines is 2. The van der Waals surface area contributed by atoms with E-state index in [9.17, 15) is 19.2 Å². The smallest absolute Gasteiger partial charge is 0.413 e. The van der Waals surface area contributed by atoms with E-state index in [-0.39, 0.29) is 49.6 Å². The van der Waals surface area contributed by atoms with Gasteiger partial charge in [0.15, 0.2) is 5.82 Å². The number of rotatable bonds is 14. The maximum atomic E-state index is 13.6. The van der Waals surface area contributed by atoms with Gasteiger partial charge in [0.2, 0.25) is 5.91 Å². The van der Waals surface area contributed by atoms with Gasteiger partial charge in [0.1, 0.15) is 19.0 Å². The van der Waals surface area contributed by atoms with Gasteiger partial charge in [0.25, 0.3) is 5.56 Å². The summed E-state index contributed by atoms with van der Waals surface area (Å²) in [6.45, 7) is 2.18. The molecular weight excluding hydrogens is 626 g/mol. The van der Waals surface area contributed by atoms with Gasteiger partial charge in [0, 0.05) is 29.4 Å². The monoisotopic (exact) mass is 665 g/mol. The first-order valence-electron chi connectivity index (χ1n) is 16.1. The molecule has 1 heterocycles. The minimum absolute atomic E-state index is 0.0816. The van der Waals surface area contributed by atoms with Crippen LogP contribution in [0.25, 0.3) is 11.3 Å². The highest BCUT2D eigenvalue weighted by Crippen LogP contribution is 2.26. The van der Waals surface area contributed by atoms with Crippen LogP contribution in [0.15, 0.2) is 83.8 Å². The Hall–Kier alpha value is -5.98. The van der Waals surface area contributed by atoms with Gasteiger partial charge in [-0.1, -0.05) is 67.9 Å². The van der Waals surface area contributed by atoms with Gasteiger partial charge in [-0.25, -0.2) is 14.6 Å². The Morgan fingerprint density at radius 2 is 1.73 bits per heavy atom. The first-order chi connectivity index (χ1) is 23.7. The van der Waals surface area contributed by atoms with Crippen molar-refractivity contribution in [2.75, 3.05) is 17.7 Å². The van der Waals surface area contributed by atoms with Crippen molar-refractivity contribution >= 4 is 35.3 Å². The number of nitrogens with one attached hydrogen (secondary N) is 4. The lowest BCUT2D eigenvalue weighted by Crippen LogP contribution is -2.34. The molecule has 2 amide bonds. The molecule has 0 unspecified atom stereocenters. The summed E-state index contributed by atoms with van der Waals surface area (Å²) in [4.78, 5) is 56.0. The first-order valence-corrected chi connectivity index (χ1v) is 16.1. The maximum absolute atomic E-state index is 13.6. The number of alkyl carbamates (subject to hydrolysis) is 1. The molecule has 13 nitrogen and oxygen atoms in total. The Morgan fingerprint density at radius 1 is 0.980 bits per heavy atom. The maximum Gasteiger partial charge on any atom is 0.413 e. The van der Waals surface area contributed by atoms with Crippen molar-refractivity contribution in [2.24, 2.45) is 0 Å². The molecule has 0 radical (unpaired) electrons. The molecule has 1 aromatic heterocycles. The number of nitrogens with zero attached hydrogens (tertiary/aromatic N) is 2. The second kappa shape index (κ2) is 16.2. The summed E-state index contributed by atoms with van der Waals surface area (Å²) in [6.07, 6.45) is 4.19. The number of carbonyl (C=O) groups excluding carboxylic acids is 3. The number of unbranched alkanes of at least 4 members (excludes halogenated alkanes) is 1. The fourth-order valence-electron chi connectivity index (χ4n) is 4.83. The Kier molecular flexibility index (Phi) is 11.4. The molecule has 49 heavy (non-hydrogen) atoms. The van der Waals surface area contributed by atoms with E-state index in [1.54, 1.807) is 36.4 Å². The van der Waals surface area contributed by atoms with Gasteiger partial charge in [0.05, 0.1) is 24.1 Å². The van der Waals surface area contributed by atoms with Crippen LogP contribution >= 0.6 is 0 Å². The van der Waals surface area contributed by atoms with Gasteiger partial charge in [-0.2, -0.15) is 0 Å². The van der Waals surface area contributed by atoms with Gasteiger partial charge in [-0.15, -0.1) is 0 Å². The van der Waals surface area contributed by atoms with Crippen LogP contribution in [-0.4, -0.2) is 46.0 Å². The van der Waals surface area contributed by atoms with Crippen LogP contribution in [0.4, 0.5) is 16.3 Å². The Morgan fingerprint density at radius 3 is 2.45 bits per heavy atom. The second-order valence-electron chi connectivity index (χ2n) is 11.7. The third kappa shape index (κ3) is 9.76. The molecule has 5 rings (SSSR count). The molecule has 13 heteroatoms. The van der Waals surface area contributed by atoms with Crippen molar-refractivity contribution in [2.45, 2.75) is 58.3 Å². The molecule has 0 atom stereocenters. The van der Waals surface area contributed by atoms with Crippen molar-refractivity contribution in [1.82, 2.24) is 20.2 Å². The number of benzene rings is 3. The molecule has 0 aliphatic heterocycles. The Labute approximate surface area is 283 Å².